The average Bonchev–Trinajstić information content (AvgIpc) is 3.16. The molecule has 2 fully saturated rings. The summed E-state index contributed by atoms with van der Waals surface area (Å²) in [5, 5.41) is 14.0. The van der Waals surface area contributed by atoms with Crippen molar-refractivity contribution in [1.29, 1.82) is 0 Å². The highest BCUT2D eigenvalue weighted by Crippen LogP contribution is 2.64. The van der Waals surface area contributed by atoms with E-state index in [4.69, 9.17) is 4.74 Å². The molecule has 2 bridgehead atoms. The van der Waals surface area contributed by atoms with Gasteiger partial charge in [0.25, 0.3) is 0 Å². The minimum absolute atomic E-state index is 0.0456. The van der Waals surface area contributed by atoms with Crippen LogP contribution in [0.15, 0.2) is 42.5 Å². The van der Waals surface area contributed by atoms with Crippen LogP contribution in [0.1, 0.15) is 41.5 Å². The Bertz CT molecular complexity index is 1220. The highest BCUT2D eigenvalue weighted by atomic mass is 16.5. The molecule has 0 unspecified atom stereocenters. The third-order valence-corrected chi connectivity index (χ3v) is 8.53. The van der Waals surface area contributed by atoms with E-state index < -0.39 is 17.1 Å². The molecule has 0 aromatic heterocycles. The second-order valence-electron chi connectivity index (χ2n) is 9.98. The Labute approximate surface area is 193 Å². The zero-order valence-electron chi connectivity index (χ0n) is 18.9. The van der Waals surface area contributed by atoms with Crippen molar-refractivity contribution in [3.63, 3.8) is 0 Å². The first kappa shape index (κ1) is 20.5. The molecule has 2 heterocycles. The number of Topliss-reactive ketones (excluding diaryl/α,β-unsaturated/α-hetero) is 1. The monoisotopic (exact) mass is 444 g/mol. The van der Waals surface area contributed by atoms with Gasteiger partial charge in [-0.25, -0.2) is 0 Å². The fraction of sp³-hybridized carbons (Fsp3) is 0.407. The number of amides is 1. The van der Waals surface area contributed by atoms with Gasteiger partial charge >= 0.3 is 0 Å². The summed E-state index contributed by atoms with van der Waals surface area (Å²) in [7, 11) is 2.10. The van der Waals surface area contributed by atoms with Gasteiger partial charge in [0, 0.05) is 24.1 Å². The predicted octanol–water partition coefficient (Wildman–Crippen LogP) is 2.89. The maximum Gasteiger partial charge on any atom is 0.244 e. The van der Waals surface area contributed by atoms with Crippen LogP contribution in [0.5, 0.6) is 11.5 Å². The van der Waals surface area contributed by atoms with Gasteiger partial charge < -0.3 is 20.1 Å². The average molecular weight is 445 g/mol. The van der Waals surface area contributed by atoms with Gasteiger partial charge in [-0.05, 0) is 68.6 Å². The maximum absolute atomic E-state index is 13.4. The zero-order chi connectivity index (χ0) is 23.0. The van der Waals surface area contributed by atoms with Crippen molar-refractivity contribution < 1.29 is 19.4 Å². The van der Waals surface area contributed by atoms with Crippen LogP contribution in [0.4, 0.5) is 0 Å². The van der Waals surface area contributed by atoms with Crippen molar-refractivity contribution in [3.05, 3.63) is 64.7 Å². The Kier molecular flexibility index (Phi) is 4.31. The van der Waals surface area contributed by atoms with Crippen molar-refractivity contribution in [1.82, 2.24) is 10.2 Å². The fourth-order valence-electron chi connectivity index (χ4n) is 7.04. The third kappa shape index (κ3) is 2.58. The molecule has 6 nitrogen and oxygen atoms in total. The number of rotatable bonds is 3. The largest absolute Gasteiger partial charge is 0.504 e. The molecule has 2 N–H and O–H groups in total. The highest BCUT2D eigenvalue weighted by Gasteiger charge is 2.73. The number of hydrogen-bond acceptors (Lipinski definition) is 5. The quantitative estimate of drug-likeness (QED) is 0.712. The SMILES string of the molecule is Cc1ccccc1/C=C/C(=O)N[C@@]12CCC(=O)[C@@H]3Oc4c(O)ccc5c4[C@@]31CCN(C)[C@@H]2C5. The minimum atomic E-state index is -0.676. The Balaban J connectivity index is 1.47. The lowest BCUT2D eigenvalue weighted by Gasteiger charge is -2.64. The van der Waals surface area contributed by atoms with Crippen molar-refractivity contribution in [2.75, 3.05) is 13.6 Å². The van der Waals surface area contributed by atoms with E-state index in [1.807, 2.05) is 43.3 Å². The number of likely N-dealkylation sites (tertiary alicyclic amines) is 1. The molecule has 1 saturated heterocycles. The molecule has 33 heavy (non-hydrogen) atoms. The number of nitrogens with zero attached hydrogens (tertiary/aromatic N) is 1. The number of ketones is 1. The zero-order valence-corrected chi connectivity index (χ0v) is 18.9. The molecule has 2 aromatic rings. The van der Waals surface area contributed by atoms with Crippen LogP contribution in [0.25, 0.3) is 6.08 Å². The number of piperidine rings is 1. The first-order chi connectivity index (χ1) is 15.9. The topological polar surface area (TPSA) is 78.9 Å². The van der Waals surface area contributed by atoms with E-state index in [0.717, 1.165) is 35.2 Å². The Morgan fingerprint density at radius 3 is 2.88 bits per heavy atom. The number of aryl methyl sites for hydroxylation is 1. The van der Waals surface area contributed by atoms with E-state index in [-0.39, 0.29) is 23.5 Å². The van der Waals surface area contributed by atoms with Gasteiger partial charge in [0.05, 0.1) is 11.0 Å². The van der Waals surface area contributed by atoms with Gasteiger partial charge in [0.1, 0.15) is 0 Å². The van der Waals surface area contributed by atoms with Gasteiger partial charge in [0.15, 0.2) is 23.4 Å². The molecule has 2 aliphatic heterocycles. The number of carbonyl (C=O) groups excluding carboxylic acids is 2. The van der Waals surface area contributed by atoms with E-state index in [2.05, 4.69) is 17.3 Å². The van der Waals surface area contributed by atoms with Crippen LogP contribution in [0.2, 0.25) is 0 Å². The van der Waals surface area contributed by atoms with E-state index in [1.54, 1.807) is 12.1 Å². The van der Waals surface area contributed by atoms with E-state index in [9.17, 15) is 14.7 Å². The highest BCUT2D eigenvalue weighted by molar-refractivity contribution is 5.95. The van der Waals surface area contributed by atoms with Crippen LogP contribution in [0.3, 0.4) is 0 Å². The molecule has 1 saturated carbocycles. The van der Waals surface area contributed by atoms with Gasteiger partial charge in [-0.2, -0.15) is 0 Å². The van der Waals surface area contributed by atoms with Gasteiger partial charge in [-0.15, -0.1) is 0 Å². The summed E-state index contributed by atoms with van der Waals surface area (Å²) in [5.41, 5.74) is 2.85. The lowest BCUT2D eigenvalue weighted by molar-refractivity contribution is -0.147. The fourth-order valence-corrected chi connectivity index (χ4v) is 7.04. The lowest BCUT2D eigenvalue weighted by atomic mass is 9.47. The smallest absolute Gasteiger partial charge is 0.244 e. The molecule has 0 radical (unpaired) electrons. The number of phenolic OH excluding ortho intramolecular Hbond substituents is 1. The standard InChI is InChI=1S/C27H28N2O4/c1-16-5-3-4-6-17(16)8-10-22(32)28-27-12-11-20(31)25-26(27)13-14-29(2)21(27)15-18-7-9-19(30)24(33-25)23(18)26/h3-10,21,25,30H,11-15H2,1-2H3,(H,28,32)/b10-8+/t21-,25+,26+,27-/m1/s1. The van der Waals surface area contributed by atoms with Crippen molar-refractivity contribution in [2.45, 2.75) is 55.7 Å². The summed E-state index contributed by atoms with van der Waals surface area (Å²) in [4.78, 5) is 28.8. The molecule has 1 amide bonds. The molecule has 6 heteroatoms. The summed E-state index contributed by atoms with van der Waals surface area (Å²) in [5.74, 6) is 0.400. The van der Waals surface area contributed by atoms with Gasteiger partial charge in [-0.3, -0.25) is 9.59 Å². The van der Waals surface area contributed by atoms with E-state index in [1.165, 1.54) is 0 Å². The van der Waals surface area contributed by atoms with E-state index >= 15 is 0 Å². The van der Waals surface area contributed by atoms with Crippen LogP contribution >= 0.6 is 0 Å². The minimum Gasteiger partial charge on any atom is -0.504 e. The Morgan fingerprint density at radius 2 is 2.06 bits per heavy atom. The molecular weight excluding hydrogens is 416 g/mol. The number of phenols is 1. The van der Waals surface area contributed by atoms with Crippen LogP contribution in [-0.2, 0) is 21.4 Å². The molecule has 4 atom stereocenters. The first-order valence-electron chi connectivity index (χ1n) is 11.7. The second kappa shape index (κ2) is 6.94. The molecule has 1 spiro atoms. The number of benzene rings is 2. The van der Waals surface area contributed by atoms with Crippen molar-refractivity contribution >= 4 is 17.8 Å². The summed E-state index contributed by atoms with van der Waals surface area (Å²) in [6.45, 7) is 2.83. The molecule has 2 aromatic carbocycles. The van der Waals surface area contributed by atoms with Crippen LogP contribution < -0.4 is 10.1 Å². The molecule has 170 valence electrons. The Morgan fingerprint density at radius 1 is 1.24 bits per heavy atom. The lowest BCUT2D eigenvalue weighted by Crippen LogP contribution is -2.81. The number of nitrogens with one attached hydrogen (secondary N) is 1. The molecular formula is C27H28N2O4. The molecule has 4 aliphatic rings. The summed E-state index contributed by atoms with van der Waals surface area (Å²) >= 11 is 0. The Hall–Kier alpha value is -3.12. The van der Waals surface area contributed by atoms with Gasteiger partial charge in [0.2, 0.25) is 5.91 Å². The summed E-state index contributed by atoms with van der Waals surface area (Å²) in [6.07, 6.45) is 5.13. The number of hydrogen-bond donors (Lipinski definition) is 2. The summed E-state index contributed by atoms with van der Waals surface area (Å²) < 4.78 is 6.22. The van der Waals surface area contributed by atoms with E-state index in [0.29, 0.717) is 25.0 Å². The molecule has 2 aliphatic carbocycles. The number of aromatic hydroxyl groups is 1. The number of likely N-dealkylation sites (N-methyl/N-ethyl adjacent to an activating group) is 1. The van der Waals surface area contributed by atoms with Gasteiger partial charge in [-0.1, -0.05) is 30.3 Å². The predicted molar refractivity (Wildman–Crippen MR) is 124 cm³/mol. The maximum atomic E-state index is 13.4. The van der Waals surface area contributed by atoms with Crippen LogP contribution in [0, 0.1) is 6.92 Å². The first-order valence-corrected chi connectivity index (χ1v) is 11.7. The van der Waals surface area contributed by atoms with Crippen LogP contribution in [-0.4, -0.2) is 53.0 Å². The summed E-state index contributed by atoms with van der Waals surface area (Å²) in [6, 6.07) is 11.6. The third-order valence-electron chi connectivity index (χ3n) is 8.53. The van der Waals surface area contributed by atoms with Crippen molar-refractivity contribution in [3.8, 4) is 11.5 Å². The number of ether oxygens (including phenoxy) is 1. The normalized spacial score (nSPS) is 31.9. The second-order valence-corrected chi connectivity index (χ2v) is 9.98. The number of carbonyl (C=O) groups is 2. The van der Waals surface area contributed by atoms with Crippen molar-refractivity contribution in [2.24, 2.45) is 0 Å². The molecule has 6 rings (SSSR count).